The van der Waals surface area contributed by atoms with Gasteiger partial charge in [0, 0.05) is 24.7 Å². The molecule has 1 saturated heterocycles. The number of nitrogens with zero attached hydrogens (tertiary/aromatic N) is 3. The smallest absolute Gasteiger partial charge is 0.329 e. The highest BCUT2D eigenvalue weighted by Crippen LogP contribution is 2.43. The van der Waals surface area contributed by atoms with Crippen molar-refractivity contribution in [1.29, 1.82) is 0 Å². The Morgan fingerprint density at radius 3 is 2.87 bits per heavy atom. The average molecular weight is 429 g/mol. The molecule has 10 heteroatoms. The van der Waals surface area contributed by atoms with Gasteiger partial charge in [0.2, 0.25) is 6.86 Å². The van der Waals surface area contributed by atoms with Gasteiger partial charge in [-0.05, 0) is 38.2 Å². The molecule has 3 heterocycles. The van der Waals surface area contributed by atoms with Crippen molar-refractivity contribution in [1.82, 2.24) is 14.5 Å². The first-order valence-electron chi connectivity index (χ1n) is 10.4. The predicted molar refractivity (Wildman–Crippen MR) is 112 cm³/mol. The van der Waals surface area contributed by atoms with E-state index in [2.05, 4.69) is 14.9 Å². The zero-order chi connectivity index (χ0) is 21.7. The molecule has 5 rings (SSSR count). The third-order valence-electron chi connectivity index (χ3n) is 6.36. The number of oxazole rings is 1. The van der Waals surface area contributed by atoms with Crippen LogP contribution in [0.2, 0.25) is 0 Å². The lowest BCUT2D eigenvalue weighted by molar-refractivity contribution is 0.192. The van der Waals surface area contributed by atoms with Gasteiger partial charge in [-0.2, -0.15) is 0 Å². The van der Waals surface area contributed by atoms with Crippen molar-refractivity contribution in [3.05, 3.63) is 50.8 Å². The lowest BCUT2D eigenvalue weighted by atomic mass is 9.97. The lowest BCUT2D eigenvalue weighted by Crippen LogP contribution is -2.31. The van der Waals surface area contributed by atoms with E-state index in [1.807, 2.05) is 6.92 Å². The first-order chi connectivity index (χ1) is 15.0. The fourth-order valence-corrected chi connectivity index (χ4v) is 4.73. The second-order valence-corrected chi connectivity index (χ2v) is 8.29. The Morgan fingerprint density at radius 2 is 2.19 bits per heavy atom. The third kappa shape index (κ3) is 3.31. The number of anilines is 1. The normalized spacial score (nSPS) is 19.8. The molecule has 2 fully saturated rings. The Hall–Kier alpha value is -3.14. The second kappa shape index (κ2) is 7.52. The van der Waals surface area contributed by atoms with Gasteiger partial charge in [0.05, 0.1) is 28.3 Å². The minimum Gasteiger partial charge on any atom is -0.461 e. The van der Waals surface area contributed by atoms with Crippen LogP contribution in [0, 0.1) is 12.8 Å². The van der Waals surface area contributed by atoms with Crippen LogP contribution in [-0.4, -0.2) is 34.5 Å². The Balaban J connectivity index is 1.62. The van der Waals surface area contributed by atoms with E-state index in [1.54, 1.807) is 16.9 Å². The number of alkyl halides is 1. The van der Waals surface area contributed by atoms with Gasteiger partial charge in [0.25, 0.3) is 5.56 Å². The maximum absolute atomic E-state index is 13.2. The number of aromatic nitrogens is 3. The molecule has 0 bridgehead atoms. The number of rotatable bonds is 6. The van der Waals surface area contributed by atoms with Crippen LogP contribution in [0.4, 0.5) is 10.1 Å². The topological polar surface area (TPSA) is 119 Å². The summed E-state index contributed by atoms with van der Waals surface area (Å²) < 4.78 is 25.2. The van der Waals surface area contributed by atoms with Crippen LogP contribution in [0.1, 0.15) is 42.6 Å². The lowest BCUT2D eigenvalue weighted by Gasteiger charge is -2.26. The van der Waals surface area contributed by atoms with Crippen LogP contribution >= 0.6 is 0 Å². The molecule has 1 aliphatic heterocycles. The number of fused-ring (bicyclic) bond motifs is 1. The van der Waals surface area contributed by atoms with Gasteiger partial charge >= 0.3 is 5.69 Å². The standard InChI is InChI=1S/C21H24FN5O4/c1-11-18-14(20(28)25-21(29)27(18)13-2-3-13)6-16(31-9-22)19(11)26-5-4-12(7-26)17(23)15-8-30-10-24-15/h6,8,10,12-13,17H,2-5,7,9,23H2,1H3,(H,25,28,29). The quantitative estimate of drug-likeness (QED) is 0.616. The summed E-state index contributed by atoms with van der Waals surface area (Å²) in [6, 6.07) is 1.32. The first kappa shape index (κ1) is 19.8. The van der Waals surface area contributed by atoms with Crippen LogP contribution in [0.3, 0.4) is 0 Å². The van der Waals surface area contributed by atoms with Crippen molar-refractivity contribution >= 4 is 16.6 Å². The first-order valence-corrected chi connectivity index (χ1v) is 10.4. The fraction of sp³-hybridized carbons (Fsp3) is 0.476. The molecule has 2 atom stereocenters. The Morgan fingerprint density at radius 1 is 1.39 bits per heavy atom. The number of nitrogens with two attached hydrogens (primary N) is 1. The summed E-state index contributed by atoms with van der Waals surface area (Å²) in [6.45, 7) is 2.13. The highest BCUT2D eigenvalue weighted by Gasteiger charge is 2.34. The minimum atomic E-state index is -1.02. The summed E-state index contributed by atoms with van der Waals surface area (Å²) in [4.78, 5) is 33.8. The molecule has 9 nitrogen and oxygen atoms in total. The number of H-pyrrole nitrogens is 1. The van der Waals surface area contributed by atoms with Gasteiger partial charge in [0.15, 0.2) is 6.39 Å². The number of halogens is 1. The summed E-state index contributed by atoms with van der Waals surface area (Å²) in [5, 5.41) is 0.325. The molecule has 2 unspecified atom stereocenters. The van der Waals surface area contributed by atoms with Crippen LogP contribution in [0.5, 0.6) is 5.75 Å². The summed E-state index contributed by atoms with van der Waals surface area (Å²) in [5.74, 6) is 0.401. The third-order valence-corrected chi connectivity index (χ3v) is 6.36. The molecule has 31 heavy (non-hydrogen) atoms. The molecule has 0 amide bonds. The van der Waals surface area contributed by atoms with Crippen molar-refractivity contribution < 1.29 is 13.5 Å². The zero-order valence-electron chi connectivity index (χ0n) is 17.1. The molecular weight excluding hydrogens is 405 g/mol. The molecule has 3 N–H and O–H groups in total. The summed E-state index contributed by atoms with van der Waals surface area (Å²) in [6.07, 6.45) is 5.49. The number of aryl methyl sites for hydroxylation is 1. The van der Waals surface area contributed by atoms with E-state index in [1.165, 1.54) is 6.39 Å². The second-order valence-electron chi connectivity index (χ2n) is 8.29. The number of aromatic amines is 1. The van der Waals surface area contributed by atoms with Crippen molar-refractivity contribution in [3.8, 4) is 5.75 Å². The van der Waals surface area contributed by atoms with Gasteiger partial charge in [-0.15, -0.1) is 0 Å². The Kier molecular flexibility index (Phi) is 4.81. The van der Waals surface area contributed by atoms with Crippen molar-refractivity contribution in [2.24, 2.45) is 11.7 Å². The molecule has 1 aromatic carbocycles. The summed E-state index contributed by atoms with van der Waals surface area (Å²) >= 11 is 0. The van der Waals surface area contributed by atoms with Crippen LogP contribution < -0.4 is 26.6 Å². The van der Waals surface area contributed by atoms with Crippen LogP contribution in [-0.2, 0) is 0 Å². The van der Waals surface area contributed by atoms with Gasteiger partial charge in [-0.1, -0.05) is 0 Å². The van der Waals surface area contributed by atoms with Crippen molar-refractivity contribution in [3.63, 3.8) is 0 Å². The van der Waals surface area contributed by atoms with Crippen molar-refractivity contribution in [2.45, 2.75) is 38.3 Å². The molecule has 164 valence electrons. The van der Waals surface area contributed by atoms with E-state index in [4.69, 9.17) is 14.9 Å². The number of nitrogens with one attached hydrogen (secondary N) is 1. The van der Waals surface area contributed by atoms with Gasteiger partial charge < -0.3 is 19.8 Å². The van der Waals surface area contributed by atoms with Crippen molar-refractivity contribution in [2.75, 3.05) is 24.9 Å². The molecule has 1 aliphatic carbocycles. The monoisotopic (exact) mass is 429 g/mol. The number of ether oxygens (including phenoxy) is 1. The van der Waals surface area contributed by atoms with E-state index in [0.717, 1.165) is 24.8 Å². The van der Waals surface area contributed by atoms with E-state index in [-0.39, 0.29) is 23.8 Å². The Labute approximate surface area is 176 Å². The van der Waals surface area contributed by atoms with Gasteiger partial charge in [-0.25, -0.2) is 14.2 Å². The Bertz CT molecular complexity index is 1230. The highest BCUT2D eigenvalue weighted by atomic mass is 19.1. The van der Waals surface area contributed by atoms with E-state index in [0.29, 0.717) is 35.4 Å². The fourth-order valence-electron chi connectivity index (χ4n) is 4.73. The number of benzene rings is 1. The average Bonchev–Trinajstić information content (AvgIpc) is 3.22. The molecule has 3 aromatic rings. The predicted octanol–water partition coefficient (Wildman–Crippen LogP) is 2.15. The molecule has 1 saturated carbocycles. The minimum absolute atomic E-state index is 0.0678. The van der Waals surface area contributed by atoms with Crippen LogP contribution in [0.25, 0.3) is 10.9 Å². The molecule has 2 aliphatic rings. The molecule has 0 spiro atoms. The number of hydrogen-bond donors (Lipinski definition) is 2. The molecule has 0 radical (unpaired) electrons. The van der Waals surface area contributed by atoms with E-state index in [9.17, 15) is 14.0 Å². The van der Waals surface area contributed by atoms with Gasteiger partial charge in [-0.3, -0.25) is 14.3 Å². The summed E-state index contributed by atoms with van der Waals surface area (Å²) in [7, 11) is 0. The highest BCUT2D eigenvalue weighted by molar-refractivity contribution is 5.90. The number of hydrogen-bond acceptors (Lipinski definition) is 7. The SMILES string of the molecule is Cc1c(N2CCC(C(N)c3cocn3)C2)c(OCF)cc2c(=O)[nH]c(=O)n(C3CC3)c12. The summed E-state index contributed by atoms with van der Waals surface area (Å²) in [5.41, 5.74) is 8.18. The van der Waals surface area contributed by atoms with E-state index >= 15 is 0 Å². The zero-order valence-corrected chi connectivity index (χ0v) is 17.1. The van der Waals surface area contributed by atoms with Gasteiger partial charge in [0.1, 0.15) is 12.0 Å². The molecular formula is C21H24FN5O4. The largest absolute Gasteiger partial charge is 0.461 e. The maximum Gasteiger partial charge on any atom is 0.329 e. The maximum atomic E-state index is 13.2. The van der Waals surface area contributed by atoms with Crippen LogP contribution in [0.15, 0.2) is 32.7 Å². The molecule has 2 aromatic heterocycles. The van der Waals surface area contributed by atoms with E-state index < -0.39 is 18.1 Å².